The summed E-state index contributed by atoms with van der Waals surface area (Å²) in [5.41, 5.74) is -4.79. The van der Waals surface area contributed by atoms with Crippen LogP contribution in [0.15, 0.2) is 6.20 Å². The molecule has 0 aromatic carbocycles. The van der Waals surface area contributed by atoms with Crippen molar-refractivity contribution in [2.24, 2.45) is 0 Å². The Kier molecular flexibility index (Phi) is 4.83. The van der Waals surface area contributed by atoms with Crippen LogP contribution in [0.25, 0.3) is 0 Å². The van der Waals surface area contributed by atoms with E-state index in [1.165, 1.54) is 0 Å². The van der Waals surface area contributed by atoms with Crippen molar-refractivity contribution in [1.29, 1.82) is 0 Å². The minimum absolute atomic E-state index is 0.123. The highest BCUT2D eigenvalue weighted by molar-refractivity contribution is 7.87. The van der Waals surface area contributed by atoms with Gasteiger partial charge in [-0.25, -0.2) is 9.78 Å². The van der Waals surface area contributed by atoms with Gasteiger partial charge in [0.2, 0.25) is 5.88 Å². The Labute approximate surface area is 130 Å². The molecule has 1 aliphatic rings. The average Bonchev–Trinajstić information content (AvgIpc) is 2.46. The van der Waals surface area contributed by atoms with Gasteiger partial charge in [0.15, 0.2) is 0 Å². The van der Waals surface area contributed by atoms with Crippen LogP contribution in [0.1, 0.15) is 41.3 Å². The molecule has 1 aliphatic carbocycles. The third kappa shape index (κ3) is 3.57. The summed E-state index contributed by atoms with van der Waals surface area (Å²) < 4.78 is 68.6. The minimum atomic E-state index is -5.81. The molecule has 2 rings (SSSR count). The Bertz CT molecular complexity index is 715. The fourth-order valence-corrected chi connectivity index (χ4v) is 2.77. The van der Waals surface area contributed by atoms with Crippen LogP contribution in [-0.4, -0.2) is 31.5 Å². The van der Waals surface area contributed by atoms with E-state index in [1.54, 1.807) is 6.92 Å². The van der Waals surface area contributed by atoms with Crippen molar-refractivity contribution >= 4 is 16.1 Å². The van der Waals surface area contributed by atoms with Crippen molar-refractivity contribution in [2.45, 2.75) is 38.1 Å². The van der Waals surface area contributed by atoms with Gasteiger partial charge in [0.05, 0.1) is 12.2 Å². The van der Waals surface area contributed by atoms with Gasteiger partial charge in [-0.05, 0) is 38.2 Å². The molecular formula is C13H14F3NO5S. The zero-order chi connectivity index (χ0) is 17.3. The van der Waals surface area contributed by atoms with E-state index < -0.39 is 27.5 Å². The molecule has 0 N–H and O–H groups in total. The lowest BCUT2D eigenvalue weighted by molar-refractivity contribution is -0.0501. The Balaban J connectivity index is 2.46. The highest BCUT2D eigenvalue weighted by Crippen LogP contribution is 2.34. The summed E-state index contributed by atoms with van der Waals surface area (Å²) in [5, 5.41) is 0. The van der Waals surface area contributed by atoms with Crippen LogP contribution in [0.4, 0.5) is 13.2 Å². The summed E-state index contributed by atoms with van der Waals surface area (Å²) in [4.78, 5) is 15.5. The van der Waals surface area contributed by atoms with Crippen LogP contribution >= 0.6 is 0 Å². The molecule has 1 aromatic heterocycles. The first-order valence-electron chi connectivity index (χ1n) is 6.86. The predicted octanol–water partition coefficient (Wildman–Crippen LogP) is 2.37. The number of carbonyl (C=O) groups is 1. The second-order valence-electron chi connectivity index (χ2n) is 4.84. The lowest BCUT2D eigenvalue weighted by Crippen LogP contribution is -2.29. The standard InChI is InChI=1S/C13H14F3NO5S/c1-2-21-12(18)10-7-17-11(9-6-4-3-5-8(9)10)22-23(19,20)13(14,15)16/h7H,2-6H2,1H3. The number of ether oxygens (including phenoxy) is 1. The molecule has 0 amide bonds. The van der Waals surface area contributed by atoms with E-state index in [0.29, 0.717) is 18.4 Å². The van der Waals surface area contributed by atoms with Gasteiger partial charge in [0.1, 0.15) is 0 Å². The first-order chi connectivity index (χ1) is 10.7. The summed E-state index contributed by atoms with van der Waals surface area (Å²) >= 11 is 0. The third-order valence-electron chi connectivity index (χ3n) is 3.33. The highest BCUT2D eigenvalue weighted by atomic mass is 32.2. The summed E-state index contributed by atoms with van der Waals surface area (Å²) in [5.74, 6) is -1.28. The number of nitrogens with zero attached hydrogens (tertiary/aromatic N) is 1. The van der Waals surface area contributed by atoms with Crippen molar-refractivity contribution in [3.05, 3.63) is 22.9 Å². The third-order valence-corrected chi connectivity index (χ3v) is 4.27. The number of fused-ring (bicyclic) bond motifs is 1. The Morgan fingerprint density at radius 3 is 2.43 bits per heavy atom. The number of esters is 1. The van der Waals surface area contributed by atoms with Crippen LogP contribution in [-0.2, 0) is 27.7 Å². The Morgan fingerprint density at radius 2 is 1.87 bits per heavy atom. The van der Waals surface area contributed by atoms with Gasteiger partial charge in [-0.3, -0.25) is 0 Å². The normalized spacial score (nSPS) is 15.0. The lowest BCUT2D eigenvalue weighted by Gasteiger charge is -2.21. The van der Waals surface area contributed by atoms with Crippen molar-refractivity contribution < 1.29 is 35.3 Å². The monoisotopic (exact) mass is 353 g/mol. The maximum absolute atomic E-state index is 12.4. The molecule has 0 radical (unpaired) electrons. The summed E-state index contributed by atoms with van der Waals surface area (Å²) in [6.07, 6.45) is 3.02. The summed E-state index contributed by atoms with van der Waals surface area (Å²) in [6.45, 7) is 1.75. The smallest absolute Gasteiger partial charge is 0.462 e. The number of hydrogen-bond acceptors (Lipinski definition) is 6. The molecule has 0 saturated carbocycles. The van der Waals surface area contributed by atoms with Gasteiger partial charge in [-0.15, -0.1) is 0 Å². The molecule has 6 nitrogen and oxygen atoms in total. The molecule has 128 valence electrons. The molecule has 1 aromatic rings. The zero-order valence-electron chi connectivity index (χ0n) is 12.1. The Morgan fingerprint density at radius 1 is 1.26 bits per heavy atom. The lowest BCUT2D eigenvalue weighted by atomic mass is 9.90. The van der Waals surface area contributed by atoms with Gasteiger partial charge in [-0.1, -0.05) is 0 Å². The number of alkyl halides is 3. The van der Waals surface area contributed by atoms with Crippen molar-refractivity contribution in [3.8, 4) is 5.88 Å². The molecule has 0 saturated heterocycles. The number of carbonyl (C=O) groups excluding carboxylic acids is 1. The molecule has 23 heavy (non-hydrogen) atoms. The largest absolute Gasteiger partial charge is 0.534 e. The molecular weight excluding hydrogens is 339 g/mol. The second-order valence-corrected chi connectivity index (χ2v) is 6.38. The van der Waals surface area contributed by atoms with Crippen molar-refractivity contribution in [3.63, 3.8) is 0 Å². The number of pyridine rings is 1. The second kappa shape index (κ2) is 6.34. The van der Waals surface area contributed by atoms with E-state index in [9.17, 15) is 26.4 Å². The molecule has 0 bridgehead atoms. The number of hydrogen-bond donors (Lipinski definition) is 0. The number of rotatable bonds is 4. The molecule has 0 spiro atoms. The molecule has 0 aliphatic heterocycles. The first-order valence-corrected chi connectivity index (χ1v) is 8.27. The number of halogens is 3. The maximum atomic E-state index is 12.4. The first kappa shape index (κ1) is 17.5. The van der Waals surface area contributed by atoms with Gasteiger partial charge in [0.25, 0.3) is 0 Å². The van der Waals surface area contributed by atoms with Gasteiger partial charge in [-0.2, -0.15) is 21.6 Å². The molecule has 10 heteroatoms. The van der Waals surface area contributed by atoms with Crippen LogP contribution in [0, 0.1) is 0 Å². The summed E-state index contributed by atoms with van der Waals surface area (Å²) in [6, 6.07) is 0. The van der Waals surface area contributed by atoms with E-state index in [-0.39, 0.29) is 24.2 Å². The van der Waals surface area contributed by atoms with Crippen LogP contribution in [0.2, 0.25) is 0 Å². The van der Waals surface area contributed by atoms with E-state index in [1.807, 2.05) is 0 Å². The van der Waals surface area contributed by atoms with Gasteiger partial charge in [0, 0.05) is 11.8 Å². The maximum Gasteiger partial charge on any atom is 0.534 e. The number of aromatic nitrogens is 1. The fraction of sp³-hybridized carbons (Fsp3) is 0.538. The molecule has 0 fully saturated rings. The van der Waals surface area contributed by atoms with E-state index in [0.717, 1.165) is 12.6 Å². The van der Waals surface area contributed by atoms with E-state index in [4.69, 9.17) is 4.74 Å². The van der Waals surface area contributed by atoms with Crippen LogP contribution < -0.4 is 4.18 Å². The zero-order valence-corrected chi connectivity index (χ0v) is 13.0. The van der Waals surface area contributed by atoms with E-state index >= 15 is 0 Å². The molecule has 0 atom stereocenters. The minimum Gasteiger partial charge on any atom is -0.462 e. The van der Waals surface area contributed by atoms with Crippen LogP contribution in [0.3, 0.4) is 0 Å². The quantitative estimate of drug-likeness (QED) is 0.469. The van der Waals surface area contributed by atoms with E-state index in [2.05, 4.69) is 9.17 Å². The van der Waals surface area contributed by atoms with Crippen LogP contribution in [0.5, 0.6) is 5.88 Å². The fourth-order valence-electron chi connectivity index (χ4n) is 2.33. The SMILES string of the molecule is CCOC(=O)c1cnc(OS(=O)(=O)C(F)(F)F)c2c1CCCC2. The average molecular weight is 353 g/mol. The topological polar surface area (TPSA) is 82.6 Å². The Hall–Kier alpha value is -1.84. The van der Waals surface area contributed by atoms with Gasteiger partial charge >= 0.3 is 21.6 Å². The summed E-state index contributed by atoms with van der Waals surface area (Å²) in [7, 11) is -5.81. The molecule has 1 heterocycles. The van der Waals surface area contributed by atoms with Gasteiger partial charge < -0.3 is 8.92 Å². The van der Waals surface area contributed by atoms with Crippen molar-refractivity contribution in [1.82, 2.24) is 4.98 Å². The predicted molar refractivity (Wildman–Crippen MR) is 72.4 cm³/mol. The van der Waals surface area contributed by atoms with Crippen molar-refractivity contribution in [2.75, 3.05) is 6.61 Å². The molecule has 0 unspecified atom stereocenters. The highest BCUT2D eigenvalue weighted by Gasteiger charge is 2.49.